The molecule has 0 fully saturated rings. The first-order valence-electron chi connectivity index (χ1n) is 7.78. The maximum Gasteiger partial charge on any atom is 0.238 e. The van der Waals surface area contributed by atoms with Crippen LogP contribution >= 0.6 is 23.4 Å². The van der Waals surface area contributed by atoms with Crippen molar-refractivity contribution < 1.29 is 18.4 Å². The minimum atomic E-state index is -0.958. The van der Waals surface area contributed by atoms with Crippen LogP contribution in [0.1, 0.15) is 12.0 Å². The minimum Gasteiger partial charge on any atom is -0.341 e. The van der Waals surface area contributed by atoms with Crippen LogP contribution in [0.25, 0.3) is 0 Å². The van der Waals surface area contributed by atoms with E-state index in [1.54, 1.807) is 25.2 Å². The molecule has 3 rings (SSSR count). The van der Waals surface area contributed by atoms with Crippen LogP contribution in [0.4, 0.5) is 14.5 Å². The van der Waals surface area contributed by atoms with E-state index in [0.717, 1.165) is 17.0 Å². The van der Waals surface area contributed by atoms with Gasteiger partial charge >= 0.3 is 0 Å². The van der Waals surface area contributed by atoms with Crippen molar-refractivity contribution in [1.82, 2.24) is 4.90 Å². The van der Waals surface area contributed by atoms with Gasteiger partial charge in [-0.2, -0.15) is 0 Å². The number of fused-ring (bicyclic) bond motifs is 1. The first-order chi connectivity index (χ1) is 12.3. The van der Waals surface area contributed by atoms with Gasteiger partial charge in [0.05, 0.1) is 10.9 Å². The topological polar surface area (TPSA) is 49.4 Å². The number of nitrogens with one attached hydrogen (secondary N) is 1. The van der Waals surface area contributed by atoms with Crippen LogP contribution in [0.5, 0.6) is 0 Å². The fraction of sp³-hybridized carbons (Fsp3) is 0.222. The zero-order valence-corrected chi connectivity index (χ0v) is 15.3. The van der Waals surface area contributed by atoms with Crippen LogP contribution in [0.2, 0.25) is 5.02 Å². The molecule has 0 spiro atoms. The predicted octanol–water partition coefficient (Wildman–Crippen LogP) is 4.08. The van der Waals surface area contributed by atoms with Gasteiger partial charge in [0.25, 0.3) is 0 Å². The largest absolute Gasteiger partial charge is 0.341 e. The zero-order chi connectivity index (χ0) is 18.8. The van der Waals surface area contributed by atoms with Gasteiger partial charge in [0, 0.05) is 29.9 Å². The fourth-order valence-electron chi connectivity index (χ4n) is 2.57. The van der Waals surface area contributed by atoms with Crippen molar-refractivity contribution in [3.8, 4) is 0 Å². The predicted molar refractivity (Wildman–Crippen MR) is 97.2 cm³/mol. The molecule has 0 radical (unpaired) electrons. The van der Waals surface area contributed by atoms with Crippen LogP contribution in [0.15, 0.2) is 41.3 Å². The van der Waals surface area contributed by atoms with Gasteiger partial charge in [-0.1, -0.05) is 17.7 Å². The lowest BCUT2D eigenvalue weighted by atomic mass is 10.2. The Hall–Kier alpha value is -2.12. The number of amides is 2. The van der Waals surface area contributed by atoms with Gasteiger partial charge in [0.15, 0.2) is 11.6 Å². The van der Waals surface area contributed by atoms with E-state index in [-0.39, 0.29) is 24.8 Å². The third kappa shape index (κ3) is 4.16. The number of halogens is 3. The van der Waals surface area contributed by atoms with Crippen LogP contribution in [-0.4, -0.2) is 29.0 Å². The molecule has 1 aliphatic heterocycles. The quantitative estimate of drug-likeness (QED) is 0.847. The lowest BCUT2D eigenvalue weighted by Crippen LogP contribution is -2.35. The first-order valence-corrected chi connectivity index (χ1v) is 9.04. The van der Waals surface area contributed by atoms with Crippen molar-refractivity contribution in [2.75, 3.05) is 12.4 Å². The Morgan fingerprint density at radius 3 is 2.73 bits per heavy atom. The van der Waals surface area contributed by atoms with Crippen LogP contribution < -0.4 is 5.32 Å². The molecule has 2 aromatic rings. The molecule has 1 N–H and O–H groups in total. The summed E-state index contributed by atoms with van der Waals surface area (Å²) < 4.78 is 26.3. The van der Waals surface area contributed by atoms with E-state index in [0.29, 0.717) is 16.3 Å². The SMILES string of the molecule is CN(Cc1ccc(F)c(F)c1)C(=O)CC1Sc2ccc(Cl)cc2NC1=O. The molecule has 26 heavy (non-hydrogen) atoms. The van der Waals surface area contributed by atoms with E-state index in [2.05, 4.69) is 5.32 Å². The number of benzene rings is 2. The standard InChI is InChI=1S/C18H15ClF2N2O2S/c1-23(9-10-2-4-12(20)13(21)6-10)17(24)8-16-18(25)22-14-7-11(19)3-5-15(14)26-16/h2-7,16H,8-9H2,1H3,(H,22,25). The highest BCUT2D eigenvalue weighted by molar-refractivity contribution is 8.01. The number of anilines is 1. The second kappa shape index (κ2) is 7.63. The number of rotatable bonds is 4. The molecule has 0 aromatic heterocycles. The second-order valence-electron chi connectivity index (χ2n) is 5.94. The van der Waals surface area contributed by atoms with Crippen molar-refractivity contribution in [1.29, 1.82) is 0 Å². The first kappa shape index (κ1) is 18.7. The number of carbonyl (C=O) groups is 2. The third-order valence-corrected chi connectivity index (χ3v) is 5.46. The van der Waals surface area contributed by atoms with Crippen LogP contribution in [0, 0.1) is 11.6 Å². The highest BCUT2D eigenvalue weighted by Crippen LogP contribution is 2.38. The van der Waals surface area contributed by atoms with Gasteiger partial charge in [-0.15, -0.1) is 11.8 Å². The molecule has 1 aliphatic rings. The van der Waals surface area contributed by atoms with E-state index >= 15 is 0 Å². The van der Waals surface area contributed by atoms with Gasteiger partial charge in [-0.05, 0) is 35.9 Å². The number of thioether (sulfide) groups is 1. The summed E-state index contributed by atoms with van der Waals surface area (Å²) in [7, 11) is 1.56. The molecule has 0 saturated heterocycles. The van der Waals surface area contributed by atoms with Crippen molar-refractivity contribution in [2.45, 2.75) is 23.1 Å². The summed E-state index contributed by atoms with van der Waals surface area (Å²) in [6, 6.07) is 8.68. The second-order valence-corrected chi connectivity index (χ2v) is 7.62. The molecule has 1 heterocycles. The molecular weight excluding hydrogens is 382 g/mol. The molecule has 2 amide bonds. The Kier molecular flexibility index (Phi) is 5.48. The maximum atomic E-state index is 13.3. The molecule has 0 bridgehead atoms. The number of carbonyl (C=O) groups excluding carboxylic acids is 2. The molecule has 1 atom stereocenters. The van der Waals surface area contributed by atoms with E-state index in [1.807, 2.05) is 0 Å². The number of nitrogens with zero attached hydrogens (tertiary/aromatic N) is 1. The van der Waals surface area contributed by atoms with E-state index in [1.165, 1.54) is 22.7 Å². The third-order valence-electron chi connectivity index (χ3n) is 3.95. The smallest absolute Gasteiger partial charge is 0.238 e. The molecule has 4 nitrogen and oxygen atoms in total. The Morgan fingerprint density at radius 1 is 1.23 bits per heavy atom. The van der Waals surface area contributed by atoms with Crippen molar-refractivity contribution in [3.63, 3.8) is 0 Å². The molecular formula is C18H15ClF2N2O2S. The van der Waals surface area contributed by atoms with E-state index < -0.39 is 16.9 Å². The molecule has 8 heteroatoms. The Labute approximate surface area is 158 Å². The van der Waals surface area contributed by atoms with E-state index in [9.17, 15) is 18.4 Å². The summed E-state index contributed by atoms with van der Waals surface area (Å²) in [5.41, 5.74) is 1.10. The van der Waals surface area contributed by atoms with Crippen molar-refractivity contribution >= 4 is 40.9 Å². The summed E-state index contributed by atoms with van der Waals surface area (Å²) in [5, 5.41) is 2.71. The van der Waals surface area contributed by atoms with Gasteiger partial charge in [0.2, 0.25) is 11.8 Å². The highest BCUT2D eigenvalue weighted by atomic mass is 35.5. The maximum absolute atomic E-state index is 13.3. The molecule has 0 aliphatic carbocycles. The van der Waals surface area contributed by atoms with Crippen molar-refractivity contribution in [2.24, 2.45) is 0 Å². The van der Waals surface area contributed by atoms with Gasteiger partial charge in [0.1, 0.15) is 0 Å². The zero-order valence-electron chi connectivity index (χ0n) is 13.8. The van der Waals surface area contributed by atoms with Crippen LogP contribution in [0.3, 0.4) is 0 Å². The molecule has 136 valence electrons. The fourth-order valence-corrected chi connectivity index (χ4v) is 3.83. The molecule has 0 saturated carbocycles. The summed E-state index contributed by atoms with van der Waals surface area (Å²) in [6.45, 7) is 0.126. The Bertz CT molecular complexity index is 878. The molecule has 1 unspecified atom stereocenters. The Morgan fingerprint density at radius 2 is 2.00 bits per heavy atom. The van der Waals surface area contributed by atoms with Crippen LogP contribution in [-0.2, 0) is 16.1 Å². The van der Waals surface area contributed by atoms with Gasteiger partial charge < -0.3 is 10.2 Å². The lowest BCUT2D eigenvalue weighted by Gasteiger charge is -2.25. The van der Waals surface area contributed by atoms with Crippen molar-refractivity contribution in [3.05, 3.63) is 58.6 Å². The summed E-state index contributed by atoms with van der Waals surface area (Å²) >= 11 is 7.22. The minimum absolute atomic E-state index is 0.00125. The Balaban J connectivity index is 1.64. The van der Waals surface area contributed by atoms with Gasteiger partial charge in [-0.25, -0.2) is 8.78 Å². The average molecular weight is 397 g/mol. The number of hydrogen-bond acceptors (Lipinski definition) is 3. The number of hydrogen-bond donors (Lipinski definition) is 1. The summed E-state index contributed by atoms with van der Waals surface area (Å²) in [4.78, 5) is 26.9. The normalized spacial score (nSPS) is 16.0. The van der Waals surface area contributed by atoms with Gasteiger partial charge in [-0.3, -0.25) is 9.59 Å². The monoisotopic (exact) mass is 396 g/mol. The highest BCUT2D eigenvalue weighted by Gasteiger charge is 2.30. The summed E-state index contributed by atoms with van der Waals surface area (Å²) in [5.74, 6) is -2.42. The molecule has 2 aromatic carbocycles. The summed E-state index contributed by atoms with van der Waals surface area (Å²) in [6.07, 6.45) is -0.00125. The lowest BCUT2D eigenvalue weighted by molar-refractivity contribution is -0.131. The van der Waals surface area contributed by atoms with E-state index in [4.69, 9.17) is 11.6 Å². The average Bonchev–Trinajstić information content (AvgIpc) is 2.59.